The molecule has 2 aliphatic rings. The van der Waals surface area contributed by atoms with Gasteiger partial charge in [0.1, 0.15) is 5.75 Å². The van der Waals surface area contributed by atoms with Crippen LogP contribution in [0.15, 0.2) is 24.3 Å². The third-order valence-electron chi connectivity index (χ3n) is 5.22. The van der Waals surface area contributed by atoms with Crippen molar-refractivity contribution in [3.8, 4) is 5.75 Å². The summed E-state index contributed by atoms with van der Waals surface area (Å²) in [4.78, 5) is 28.9. The van der Waals surface area contributed by atoms with Crippen LogP contribution in [0, 0.1) is 12.8 Å². The van der Waals surface area contributed by atoms with E-state index in [0.29, 0.717) is 13.1 Å². The molecule has 0 spiro atoms. The van der Waals surface area contributed by atoms with Crippen LogP contribution in [0.25, 0.3) is 0 Å². The average Bonchev–Trinajstić information content (AvgIpc) is 3.15. The number of nitrogens with zero attached hydrogens (tertiary/aromatic N) is 2. The molecular formula is C20H28N2O3. The van der Waals surface area contributed by atoms with Crippen LogP contribution in [0.3, 0.4) is 0 Å². The highest BCUT2D eigenvalue weighted by molar-refractivity contribution is 5.82. The molecule has 2 amide bonds. The number of hydrogen-bond donors (Lipinski definition) is 0. The van der Waals surface area contributed by atoms with Gasteiger partial charge in [-0.25, -0.2) is 0 Å². The number of ether oxygens (including phenoxy) is 1. The topological polar surface area (TPSA) is 49.9 Å². The molecule has 0 bridgehead atoms. The third-order valence-corrected chi connectivity index (χ3v) is 5.22. The minimum absolute atomic E-state index is 0.00794. The molecule has 1 aromatic rings. The normalized spacial score (nSPS) is 19.8. The standard InChI is InChI=1S/C20H28N2O3/c1-15-6-5-7-18(14-15)25-16(2)19(23)22-12-8-17(9-13-22)20(24)21-10-3-4-11-21/h5-7,14,16-17H,3-4,8-13H2,1-2H3. The SMILES string of the molecule is Cc1cccc(OC(C)C(=O)N2CCC(C(=O)N3CCCC3)CC2)c1. The van der Waals surface area contributed by atoms with Gasteiger partial charge in [-0.3, -0.25) is 9.59 Å². The number of rotatable bonds is 4. The van der Waals surface area contributed by atoms with Crippen LogP contribution in [-0.2, 0) is 9.59 Å². The molecule has 0 saturated carbocycles. The van der Waals surface area contributed by atoms with E-state index < -0.39 is 6.10 Å². The van der Waals surface area contributed by atoms with E-state index in [1.807, 2.05) is 41.0 Å². The van der Waals surface area contributed by atoms with Gasteiger partial charge >= 0.3 is 0 Å². The van der Waals surface area contributed by atoms with Gasteiger partial charge in [-0.1, -0.05) is 12.1 Å². The first-order valence-corrected chi connectivity index (χ1v) is 9.35. The van der Waals surface area contributed by atoms with Crippen LogP contribution in [-0.4, -0.2) is 53.9 Å². The quantitative estimate of drug-likeness (QED) is 0.844. The summed E-state index contributed by atoms with van der Waals surface area (Å²) >= 11 is 0. The lowest BCUT2D eigenvalue weighted by molar-refractivity contribution is -0.143. The van der Waals surface area contributed by atoms with Crippen molar-refractivity contribution in [2.45, 2.75) is 45.6 Å². The Morgan fingerprint density at radius 2 is 1.76 bits per heavy atom. The maximum Gasteiger partial charge on any atom is 0.263 e. The van der Waals surface area contributed by atoms with Gasteiger partial charge in [-0.05, 0) is 57.2 Å². The molecule has 3 rings (SSSR count). The van der Waals surface area contributed by atoms with Crippen LogP contribution >= 0.6 is 0 Å². The molecule has 0 radical (unpaired) electrons. The summed E-state index contributed by atoms with van der Waals surface area (Å²) < 4.78 is 5.80. The lowest BCUT2D eigenvalue weighted by Crippen LogP contribution is -2.47. The van der Waals surface area contributed by atoms with Crippen molar-refractivity contribution in [1.82, 2.24) is 9.80 Å². The predicted octanol–water partition coefficient (Wildman–Crippen LogP) is 2.62. The van der Waals surface area contributed by atoms with Crippen molar-refractivity contribution in [2.75, 3.05) is 26.2 Å². The Morgan fingerprint density at radius 3 is 2.40 bits per heavy atom. The molecule has 5 nitrogen and oxygen atoms in total. The smallest absolute Gasteiger partial charge is 0.263 e. The van der Waals surface area contributed by atoms with E-state index in [-0.39, 0.29) is 17.7 Å². The van der Waals surface area contributed by atoms with Crippen molar-refractivity contribution < 1.29 is 14.3 Å². The molecule has 25 heavy (non-hydrogen) atoms. The predicted molar refractivity (Wildman–Crippen MR) is 96.4 cm³/mol. The van der Waals surface area contributed by atoms with Crippen LogP contribution in [0.2, 0.25) is 0 Å². The van der Waals surface area contributed by atoms with E-state index in [1.165, 1.54) is 0 Å². The van der Waals surface area contributed by atoms with Gasteiger partial charge in [0.15, 0.2) is 6.10 Å². The zero-order valence-electron chi connectivity index (χ0n) is 15.2. The minimum atomic E-state index is -0.507. The first-order chi connectivity index (χ1) is 12.0. The molecule has 1 atom stereocenters. The molecule has 0 N–H and O–H groups in total. The fraction of sp³-hybridized carbons (Fsp3) is 0.600. The highest BCUT2D eigenvalue weighted by atomic mass is 16.5. The highest BCUT2D eigenvalue weighted by Crippen LogP contribution is 2.23. The Hall–Kier alpha value is -2.04. The summed E-state index contributed by atoms with van der Waals surface area (Å²) in [5, 5.41) is 0. The zero-order chi connectivity index (χ0) is 17.8. The van der Waals surface area contributed by atoms with E-state index in [1.54, 1.807) is 6.92 Å². The summed E-state index contributed by atoms with van der Waals surface area (Å²) in [6.07, 6.45) is 3.26. The first-order valence-electron chi connectivity index (χ1n) is 9.35. The first kappa shape index (κ1) is 17.8. The van der Waals surface area contributed by atoms with Crippen LogP contribution in [0.5, 0.6) is 5.75 Å². The van der Waals surface area contributed by atoms with Gasteiger partial charge in [0.2, 0.25) is 5.91 Å². The number of benzene rings is 1. The maximum absolute atomic E-state index is 12.6. The number of piperidine rings is 1. The monoisotopic (exact) mass is 344 g/mol. The molecule has 5 heteroatoms. The molecule has 0 aromatic heterocycles. The second kappa shape index (κ2) is 7.89. The van der Waals surface area contributed by atoms with E-state index in [9.17, 15) is 9.59 Å². The highest BCUT2D eigenvalue weighted by Gasteiger charge is 2.32. The number of carbonyl (C=O) groups excluding carboxylic acids is 2. The zero-order valence-corrected chi connectivity index (χ0v) is 15.2. The van der Waals surface area contributed by atoms with Crippen LogP contribution < -0.4 is 4.74 Å². The molecule has 2 fully saturated rings. The molecule has 136 valence electrons. The maximum atomic E-state index is 12.6. The van der Waals surface area contributed by atoms with Gasteiger partial charge in [0.05, 0.1) is 0 Å². The van der Waals surface area contributed by atoms with E-state index >= 15 is 0 Å². The van der Waals surface area contributed by atoms with Gasteiger partial charge in [-0.2, -0.15) is 0 Å². The molecule has 2 heterocycles. The summed E-state index contributed by atoms with van der Waals surface area (Å²) in [5.41, 5.74) is 1.11. The molecule has 1 unspecified atom stereocenters. The molecular weight excluding hydrogens is 316 g/mol. The number of amides is 2. The van der Waals surface area contributed by atoms with Crippen molar-refractivity contribution in [3.63, 3.8) is 0 Å². The Morgan fingerprint density at radius 1 is 1.08 bits per heavy atom. The van der Waals surface area contributed by atoms with Crippen molar-refractivity contribution in [3.05, 3.63) is 29.8 Å². The van der Waals surface area contributed by atoms with Gasteiger partial charge in [-0.15, -0.1) is 0 Å². The van der Waals surface area contributed by atoms with E-state index in [2.05, 4.69) is 0 Å². The fourth-order valence-corrected chi connectivity index (χ4v) is 3.74. The average molecular weight is 344 g/mol. The number of aryl methyl sites for hydroxylation is 1. The largest absolute Gasteiger partial charge is 0.481 e. The Labute approximate surface area is 149 Å². The molecule has 2 saturated heterocycles. The molecule has 1 aromatic carbocycles. The van der Waals surface area contributed by atoms with Crippen LogP contribution in [0.4, 0.5) is 0 Å². The summed E-state index contributed by atoms with van der Waals surface area (Å²) in [6, 6.07) is 7.74. The summed E-state index contributed by atoms with van der Waals surface area (Å²) in [6.45, 7) is 6.89. The lowest BCUT2D eigenvalue weighted by atomic mass is 9.95. The van der Waals surface area contributed by atoms with Gasteiger partial charge in [0, 0.05) is 32.1 Å². The van der Waals surface area contributed by atoms with Crippen LogP contribution in [0.1, 0.15) is 38.2 Å². The second-order valence-electron chi connectivity index (χ2n) is 7.21. The fourth-order valence-electron chi connectivity index (χ4n) is 3.74. The van der Waals surface area contributed by atoms with E-state index in [4.69, 9.17) is 4.74 Å². The Kier molecular flexibility index (Phi) is 5.61. The minimum Gasteiger partial charge on any atom is -0.481 e. The van der Waals surface area contributed by atoms with Crippen molar-refractivity contribution in [2.24, 2.45) is 5.92 Å². The summed E-state index contributed by atoms with van der Waals surface area (Å²) in [7, 11) is 0. The van der Waals surface area contributed by atoms with Crippen molar-refractivity contribution >= 4 is 11.8 Å². The Balaban J connectivity index is 1.49. The number of hydrogen-bond acceptors (Lipinski definition) is 3. The van der Waals surface area contributed by atoms with Gasteiger partial charge in [0.25, 0.3) is 5.91 Å². The lowest BCUT2D eigenvalue weighted by Gasteiger charge is -2.34. The molecule has 0 aliphatic carbocycles. The third kappa shape index (κ3) is 4.33. The number of carbonyl (C=O) groups is 2. The number of likely N-dealkylation sites (tertiary alicyclic amines) is 2. The Bertz CT molecular complexity index is 617. The van der Waals surface area contributed by atoms with E-state index in [0.717, 1.165) is 50.1 Å². The summed E-state index contributed by atoms with van der Waals surface area (Å²) in [5.74, 6) is 1.09. The van der Waals surface area contributed by atoms with Gasteiger partial charge < -0.3 is 14.5 Å². The molecule has 2 aliphatic heterocycles. The van der Waals surface area contributed by atoms with Crippen molar-refractivity contribution in [1.29, 1.82) is 0 Å². The second-order valence-corrected chi connectivity index (χ2v) is 7.21.